The molecule has 2 N–H and O–H groups in total. The number of nitrogens with zero attached hydrogens (tertiary/aromatic N) is 1. The standard InChI is InChI=1S/C11H13FN2O2/c12-8-1-2-10(15)9(7-8)11(16)14-5-3-13-4-6-14/h1-2,7,13,15H,3-6H2. The van der Waals surface area contributed by atoms with Gasteiger partial charge < -0.3 is 15.3 Å². The second kappa shape index (κ2) is 4.49. The monoisotopic (exact) mass is 224 g/mol. The van der Waals surface area contributed by atoms with Crippen LogP contribution in [-0.2, 0) is 0 Å². The minimum Gasteiger partial charge on any atom is -0.507 e. The minimum absolute atomic E-state index is 0.0295. The number of aromatic hydroxyl groups is 1. The van der Waals surface area contributed by atoms with Gasteiger partial charge in [0.2, 0.25) is 0 Å². The zero-order valence-electron chi connectivity index (χ0n) is 8.74. The van der Waals surface area contributed by atoms with Gasteiger partial charge in [0.25, 0.3) is 5.91 Å². The van der Waals surface area contributed by atoms with Crippen molar-refractivity contribution >= 4 is 5.91 Å². The molecule has 0 radical (unpaired) electrons. The lowest BCUT2D eigenvalue weighted by Gasteiger charge is -2.27. The van der Waals surface area contributed by atoms with Crippen molar-refractivity contribution in [3.05, 3.63) is 29.6 Å². The molecule has 1 amide bonds. The molecule has 0 spiro atoms. The number of nitrogens with one attached hydrogen (secondary N) is 1. The van der Waals surface area contributed by atoms with E-state index in [4.69, 9.17) is 0 Å². The molecule has 0 aliphatic carbocycles. The maximum Gasteiger partial charge on any atom is 0.257 e. The van der Waals surface area contributed by atoms with Crippen molar-refractivity contribution in [2.45, 2.75) is 0 Å². The smallest absolute Gasteiger partial charge is 0.257 e. The molecule has 5 heteroatoms. The molecular weight excluding hydrogens is 211 g/mol. The zero-order chi connectivity index (χ0) is 11.5. The van der Waals surface area contributed by atoms with Gasteiger partial charge in [-0.15, -0.1) is 0 Å². The first-order valence-electron chi connectivity index (χ1n) is 5.17. The van der Waals surface area contributed by atoms with E-state index in [0.29, 0.717) is 13.1 Å². The van der Waals surface area contributed by atoms with Gasteiger partial charge in [0, 0.05) is 26.2 Å². The summed E-state index contributed by atoms with van der Waals surface area (Å²) in [6.07, 6.45) is 0. The van der Waals surface area contributed by atoms with Crippen LogP contribution in [0, 0.1) is 5.82 Å². The lowest BCUT2D eigenvalue weighted by atomic mass is 10.1. The molecule has 4 nitrogen and oxygen atoms in total. The Morgan fingerprint density at radius 2 is 2.06 bits per heavy atom. The number of carbonyl (C=O) groups excluding carboxylic acids is 1. The number of hydrogen-bond donors (Lipinski definition) is 2. The van der Waals surface area contributed by atoms with Crippen LogP contribution in [0.4, 0.5) is 4.39 Å². The van der Waals surface area contributed by atoms with Gasteiger partial charge in [-0.3, -0.25) is 4.79 Å². The third-order valence-corrected chi connectivity index (χ3v) is 2.59. The summed E-state index contributed by atoms with van der Waals surface area (Å²) in [7, 11) is 0. The molecule has 0 aromatic heterocycles. The summed E-state index contributed by atoms with van der Waals surface area (Å²) in [6.45, 7) is 2.60. The van der Waals surface area contributed by atoms with Crippen molar-refractivity contribution in [1.29, 1.82) is 0 Å². The van der Waals surface area contributed by atoms with Gasteiger partial charge in [-0.25, -0.2) is 4.39 Å². The second-order valence-corrected chi connectivity index (χ2v) is 3.70. The third kappa shape index (κ3) is 2.14. The van der Waals surface area contributed by atoms with Crippen LogP contribution >= 0.6 is 0 Å². The molecule has 0 bridgehead atoms. The predicted molar refractivity (Wildman–Crippen MR) is 56.8 cm³/mol. The van der Waals surface area contributed by atoms with E-state index in [0.717, 1.165) is 25.2 Å². The highest BCUT2D eigenvalue weighted by Crippen LogP contribution is 2.19. The van der Waals surface area contributed by atoms with Crippen LogP contribution in [0.1, 0.15) is 10.4 Å². The average molecular weight is 224 g/mol. The van der Waals surface area contributed by atoms with E-state index in [9.17, 15) is 14.3 Å². The molecule has 16 heavy (non-hydrogen) atoms. The number of rotatable bonds is 1. The Labute approximate surface area is 92.7 Å². The van der Waals surface area contributed by atoms with Gasteiger partial charge in [-0.2, -0.15) is 0 Å². The largest absolute Gasteiger partial charge is 0.507 e. The molecule has 1 heterocycles. The van der Waals surface area contributed by atoms with E-state index in [1.165, 1.54) is 6.07 Å². The number of benzene rings is 1. The molecular formula is C11H13FN2O2. The predicted octanol–water partition coefficient (Wildman–Crippen LogP) is 0.577. The average Bonchev–Trinajstić information content (AvgIpc) is 2.32. The number of phenols is 1. The Hall–Kier alpha value is -1.62. The minimum atomic E-state index is -0.517. The van der Waals surface area contributed by atoms with Crippen LogP contribution in [0.25, 0.3) is 0 Å². The van der Waals surface area contributed by atoms with Gasteiger partial charge in [-0.1, -0.05) is 0 Å². The summed E-state index contributed by atoms with van der Waals surface area (Å²) >= 11 is 0. The SMILES string of the molecule is O=C(c1cc(F)ccc1O)N1CCNCC1. The molecule has 0 saturated carbocycles. The van der Waals surface area contributed by atoms with Gasteiger partial charge in [0.1, 0.15) is 11.6 Å². The molecule has 0 unspecified atom stereocenters. The number of halogens is 1. The summed E-state index contributed by atoms with van der Waals surface area (Å²) in [5.41, 5.74) is 0.0295. The fourth-order valence-corrected chi connectivity index (χ4v) is 1.72. The van der Waals surface area contributed by atoms with Crippen LogP contribution in [0.3, 0.4) is 0 Å². The summed E-state index contributed by atoms with van der Waals surface area (Å²) in [5.74, 6) is -1.01. The van der Waals surface area contributed by atoms with Crippen LogP contribution in [0.2, 0.25) is 0 Å². The fraction of sp³-hybridized carbons (Fsp3) is 0.364. The van der Waals surface area contributed by atoms with Crippen molar-refractivity contribution in [3.8, 4) is 5.75 Å². The van der Waals surface area contributed by atoms with Crippen LogP contribution in [-0.4, -0.2) is 42.1 Å². The quantitative estimate of drug-likeness (QED) is 0.733. The van der Waals surface area contributed by atoms with Crippen molar-refractivity contribution in [2.75, 3.05) is 26.2 Å². The number of piperazine rings is 1. The van der Waals surface area contributed by atoms with Crippen LogP contribution in [0.5, 0.6) is 5.75 Å². The van der Waals surface area contributed by atoms with Crippen molar-refractivity contribution < 1.29 is 14.3 Å². The number of amides is 1. The third-order valence-electron chi connectivity index (χ3n) is 2.59. The first kappa shape index (κ1) is 10.9. The first-order chi connectivity index (χ1) is 7.68. The maximum atomic E-state index is 13.0. The van der Waals surface area contributed by atoms with E-state index >= 15 is 0 Å². The Kier molecular flexibility index (Phi) is 3.05. The van der Waals surface area contributed by atoms with Gasteiger partial charge in [0.15, 0.2) is 0 Å². The molecule has 86 valence electrons. The van der Waals surface area contributed by atoms with Crippen molar-refractivity contribution in [1.82, 2.24) is 10.2 Å². The molecule has 1 aromatic carbocycles. The molecule has 1 aliphatic rings. The van der Waals surface area contributed by atoms with Gasteiger partial charge in [-0.05, 0) is 18.2 Å². The topological polar surface area (TPSA) is 52.6 Å². The van der Waals surface area contributed by atoms with E-state index in [-0.39, 0.29) is 17.2 Å². The normalized spacial score (nSPS) is 16.2. The van der Waals surface area contributed by atoms with Gasteiger partial charge >= 0.3 is 0 Å². The lowest BCUT2D eigenvalue weighted by molar-refractivity contribution is 0.0732. The molecule has 0 atom stereocenters. The number of carbonyl (C=O) groups is 1. The number of hydrogen-bond acceptors (Lipinski definition) is 3. The summed E-state index contributed by atoms with van der Waals surface area (Å²) in [6, 6.07) is 3.40. The number of phenolic OH excluding ortho intramolecular Hbond substituents is 1. The summed E-state index contributed by atoms with van der Waals surface area (Å²) < 4.78 is 13.0. The Morgan fingerprint density at radius 3 is 2.75 bits per heavy atom. The highest BCUT2D eigenvalue weighted by Gasteiger charge is 2.20. The lowest BCUT2D eigenvalue weighted by Crippen LogP contribution is -2.46. The molecule has 1 saturated heterocycles. The maximum absolute atomic E-state index is 13.0. The summed E-state index contributed by atoms with van der Waals surface area (Å²) in [5, 5.41) is 12.6. The fourth-order valence-electron chi connectivity index (χ4n) is 1.72. The Bertz CT molecular complexity index is 403. The van der Waals surface area contributed by atoms with Gasteiger partial charge in [0.05, 0.1) is 5.56 Å². The molecule has 1 aromatic rings. The van der Waals surface area contributed by atoms with E-state index < -0.39 is 5.82 Å². The van der Waals surface area contributed by atoms with Crippen LogP contribution in [0.15, 0.2) is 18.2 Å². The Morgan fingerprint density at radius 1 is 1.38 bits per heavy atom. The van der Waals surface area contributed by atoms with Crippen molar-refractivity contribution in [2.24, 2.45) is 0 Å². The Balaban J connectivity index is 2.22. The first-order valence-corrected chi connectivity index (χ1v) is 5.17. The second-order valence-electron chi connectivity index (χ2n) is 3.70. The van der Waals surface area contributed by atoms with E-state index in [1.807, 2.05) is 0 Å². The molecule has 1 fully saturated rings. The van der Waals surface area contributed by atoms with E-state index in [2.05, 4.69) is 5.32 Å². The summed E-state index contributed by atoms with van der Waals surface area (Å²) in [4.78, 5) is 13.5. The molecule has 1 aliphatic heterocycles. The highest BCUT2D eigenvalue weighted by molar-refractivity contribution is 5.96. The van der Waals surface area contributed by atoms with Crippen LogP contribution < -0.4 is 5.32 Å². The molecule has 2 rings (SSSR count). The highest BCUT2D eigenvalue weighted by atomic mass is 19.1. The van der Waals surface area contributed by atoms with E-state index in [1.54, 1.807) is 4.90 Å². The zero-order valence-corrected chi connectivity index (χ0v) is 8.74. The van der Waals surface area contributed by atoms with Crippen molar-refractivity contribution in [3.63, 3.8) is 0 Å².